The molecule has 0 bridgehead atoms. The van der Waals surface area contributed by atoms with Gasteiger partial charge in [-0.25, -0.2) is 4.98 Å². The van der Waals surface area contributed by atoms with Crippen molar-refractivity contribution in [3.05, 3.63) is 54.6 Å². The molecule has 4 rings (SSSR count). The van der Waals surface area contributed by atoms with Gasteiger partial charge in [-0.05, 0) is 36.4 Å². The van der Waals surface area contributed by atoms with Gasteiger partial charge in [-0.15, -0.1) is 11.8 Å². The summed E-state index contributed by atoms with van der Waals surface area (Å²) in [5.74, 6) is 1.13. The number of hydrogen-bond donors (Lipinski definition) is 0. The van der Waals surface area contributed by atoms with Crippen molar-refractivity contribution in [2.45, 2.75) is 11.8 Å². The normalized spacial score (nSPS) is 15.5. The van der Waals surface area contributed by atoms with E-state index in [2.05, 4.69) is 77.6 Å². The Bertz CT molecular complexity index is 884. The number of rotatable bonds is 4. The number of piperazine rings is 1. The van der Waals surface area contributed by atoms with Gasteiger partial charge in [-0.1, -0.05) is 43.3 Å². The number of aromatic nitrogens is 1. The van der Waals surface area contributed by atoms with E-state index in [0.29, 0.717) is 0 Å². The van der Waals surface area contributed by atoms with Gasteiger partial charge in [0.2, 0.25) is 0 Å². The van der Waals surface area contributed by atoms with Crippen molar-refractivity contribution in [2.24, 2.45) is 0 Å². The average molecular weight is 364 g/mol. The fourth-order valence-electron chi connectivity index (χ4n) is 3.61. The van der Waals surface area contributed by atoms with E-state index in [1.807, 2.05) is 0 Å². The van der Waals surface area contributed by atoms with Crippen molar-refractivity contribution < 1.29 is 0 Å². The van der Waals surface area contributed by atoms with Crippen molar-refractivity contribution in [3.8, 4) is 11.3 Å². The quantitative estimate of drug-likeness (QED) is 0.622. The number of anilines is 1. The first-order valence-electron chi connectivity index (χ1n) is 9.30. The van der Waals surface area contributed by atoms with Gasteiger partial charge in [-0.2, -0.15) is 0 Å². The Labute approximate surface area is 160 Å². The second-order valence-corrected chi connectivity index (χ2v) is 7.58. The average Bonchev–Trinajstić information content (AvgIpc) is 2.73. The Morgan fingerprint density at radius 3 is 2.38 bits per heavy atom. The van der Waals surface area contributed by atoms with Crippen LogP contribution in [0, 0.1) is 0 Å². The molecular formula is C22H25N3S. The fraction of sp³-hybridized carbons (Fsp3) is 0.318. The van der Waals surface area contributed by atoms with Crippen LogP contribution in [0.2, 0.25) is 0 Å². The maximum absolute atomic E-state index is 5.10. The molecule has 0 atom stereocenters. The highest BCUT2D eigenvalue weighted by atomic mass is 32.2. The number of thioether (sulfide) groups is 1. The maximum atomic E-state index is 5.10. The predicted octanol–water partition coefficient (Wildman–Crippen LogP) is 4.77. The second-order valence-electron chi connectivity index (χ2n) is 6.70. The van der Waals surface area contributed by atoms with Crippen LogP contribution in [0.15, 0.2) is 59.5 Å². The number of likely N-dealkylation sites (N-methyl/N-ethyl adjacent to an activating group) is 1. The molecule has 0 N–H and O–H groups in total. The van der Waals surface area contributed by atoms with Gasteiger partial charge >= 0.3 is 0 Å². The topological polar surface area (TPSA) is 19.4 Å². The van der Waals surface area contributed by atoms with Crippen LogP contribution < -0.4 is 4.90 Å². The third kappa shape index (κ3) is 3.44. The maximum Gasteiger partial charge on any atom is 0.137 e. The fourth-order valence-corrected chi connectivity index (χ4v) is 4.02. The Morgan fingerprint density at radius 1 is 0.962 bits per heavy atom. The van der Waals surface area contributed by atoms with Crippen LogP contribution >= 0.6 is 11.8 Å². The van der Waals surface area contributed by atoms with Crippen LogP contribution in [-0.4, -0.2) is 48.9 Å². The van der Waals surface area contributed by atoms with Gasteiger partial charge in [0.05, 0.1) is 5.69 Å². The molecule has 0 amide bonds. The Kier molecular flexibility index (Phi) is 5.14. The van der Waals surface area contributed by atoms with Crippen molar-refractivity contribution in [1.29, 1.82) is 0 Å². The molecule has 134 valence electrons. The highest BCUT2D eigenvalue weighted by Gasteiger charge is 2.19. The van der Waals surface area contributed by atoms with Crippen molar-refractivity contribution in [3.63, 3.8) is 0 Å². The minimum Gasteiger partial charge on any atom is -0.354 e. The molecule has 1 fully saturated rings. The summed E-state index contributed by atoms with van der Waals surface area (Å²) in [5, 5.41) is 2.52. The summed E-state index contributed by atoms with van der Waals surface area (Å²) in [5.41, 5.74) is 2.24. The second kappa shape index (κ2) is 7.68. The van der Waals surface area contributed by atoms with Gasteiger partial charge in [0, 0.05) is 42.0 Å². The third-order valence-corrected chi connectivity index (χ3v) is 5.97. The summed E-state index contributed by atoms with van der Waals surface area (Å²) in [6, 6.07) is 19.6. The minimum absolute atomic E-state index is 1.04. The zero-order valence-corrected chi connectivity index (χ0v) is 16.3. The van der Waals surface area contributed by atoms with E-state index in [-0.39, 0.29) is 0 Å². The molecule has 0 spiro atoms. The Morgan fingerprint density at radius 2 is 1.69 bits per heavy atom. The lowest BCUT2D eigenvalue weighted by Crippen LogP contribution is -2.46. The molecule has 0 saturated carbocycles. The van der Waals surface area contributed by atoms with Gasteiger partial charge in [0.1, 0.15) is 5.82 Å². The summed E-state index contributed by atoms with van der Waals surface area (Å²) < 4.78 is 0. The molecule has 1 aliphatic heterocycles. The van der Waals surface area contributed by atoms with Gasteiger partial charge < -0.3 is 9.80 Å². The van der Waals surface area contributed by atoms with E-state index < -0.39 is 0 Å². The molecule has 0 radical (unpaired) electrons. The van der Waals surface area contributed by atoms with Gasteiger partial charge in [0.25, 0.3) is 0 Å². The lowest BCUT2D eigenvalue weighted by atomic mass is 10.1. The van der Waals surface area contributed by atoms with Crippen molar-refractivity contribution >= 4 is 28.4 Å². The highest BCUT2D eigenvalue weighted by Crippen LogP contribution is 2.31. The van der Waals surface area contributed by atoms with Crippen LogP contribution in [0.4, 0.5) is 5.82 Å². The van der Waals surface area contributed by atoms with Crippen LogP contribution in [-0.2, 0) is 0 Å². The Balaban J connectivity index is 1.75. The molecule has 2 aromatic carbocycles. The Hall–Kier alpha value is -2.04. The molecule has 3 nitrogen and oxygen atoms in total. The van der Waals surface area contributed by atoms with Crippen molar-refractivity contribution in [1.82, 2.24) is 9.88 Å². The largest absolute Gasteiger partial charge is 0.354 e. The first-order valence-corrected chi connectivity index (χ1v) is 10.5. The smallest absolute Gasteiger partial charge is 0.137 e. The first-order chi connectivity index (χ1) is 12.8. The van der Waals surface area contributed by atoms with E-state index in [0.717, 1.165) is 44.2 Å². The van der Waals surface area contributed by atoms with Gasteiger partial charge in [0.15, 0.2) is 0 Å². The van der Waals surface area contributed by atoms with E-state index in [4.69, 9.17) is 4.98 Å². The minimum atomic E-state index is 1.04. The standard InChI is InChI=1S/C22H25N3S/c1-3-24-12-14-25(15-13-24)22-20-7-5-4-6-18(20)16-21(23-22)17-8-10-19(26-2)11-9-17/h4-11,16H,3,12-15H2,1-2H3. The molecule has 1 aliphatic rings. The molecular weight excluding hydrogens is 338 g/mol. The number of nitrogens with zero attached hydrogens (tertiary/aromatic N) is 3. The van der Waals surface area contributed by atoms with Crippen LogP contribution in [0.1, 0.15) is 6.92 Å². The molecule has 0 unspecified atom stereocenters. The van der Waals surface area contributed by atoms with Crippen LogP contribution in [0.3, 0.4) is 0 Å². The summed E-state index contributed by atoms with van der Waals surface area (Å²) in [6.07, 6.45) is 2.11. The summed E-state index contributed by atoms with van der Waals surface area (Å²) in [4.78, 5) is 11.3. The summed E-state index contributed by atoms with van der Waals surface area (Å²) in [7, 11) is 0. The zero-order valence-electron chi connectivity index (χ0n) is 15.5. The van der Waals surface area contributed by atoms with Gasteiger partial charge in [-0.3, -0.25) is 0 Å². The molecule has 1 saturated heterocycles. The monoisotopic (exact) mass is 363 g/mol. The SMILES string of the molecule is CCN1CCN(c2nc(-c3ccc(SC)cc3)cc3ccccc23)CC1. The summed E-state index contributed by atoms with van der Waals surface area (Å²) >= 11 is 1.77. The molecule has 1 aromatic heterocycles. The van der Waals surface area contributed by atoms with Crippen LogP contribution in [0.25, 0.3) is 22.0 Å². The first kappa shape index (κ1) is 17.4. The molecule has 0 aliphatic carbocycles. The van der Waals surface area contributed by atoms with Crippen molar-refractivity contribution in [2.75, 3.05) is 43.9 Å². The van der Waals surface area contributed by atoms with E-state index in [1.165, 1.54) is 21.2 Å². The highest BCUT2D eigenvalue weighted by molar-refractivity contribution is 7.98. The number of pyridine rings is 1. The third-order valence-electron chi connectivity index (χ3n) is 5.23. The molecule has 3 aromatic rings. The molecule has 2 heterocycles. The number of fused-ring (bicyclic) bond motifs is 1. The lowest BCUT2D eigenvalue weighted by Gasteiger charge is -2.35. The van der Waals surface area contributed by atoms with Crippen LogP contribution in [0.5, 0.6) is 0 Å². The number of benzene rings is 2. The molecule has 26 heavy (non-hydrogen) atoms. The lowest BCUT2D eigenvalue weighted by molar-refractivity contribution is 0.271. The number of hydrogen-bond acceptors (Lipinski definition) is 4. The molecule has 4 heteroatoms. The zero-order chi connectivity index (χ0) is 17.9. The predicted molar refractivity (Wildman–Crippen MR) is 113 cm³/mol. The van der Waals surface area contributed by atoms with E-state index >= 15 is 0 Å². The van der Waals surface area contributed by atoms with E-state index in [9.17, 15) is 0 Å². The summed E-state index contributed by atoms with van der Waals surface area (Å²) in [6.45, 7) is 7.67. The van der Waals surface area contributed by atoms with E-state index in [1.54, 1.807) is 11.8 Å².